The SMILES string of the molecule is CCCCOC(=O)c1ccc(-c2ccc(/C=c3\sc4n(c3=O)[C@@H](c3ccccc3)C(C(=O)OCC)=C(C)N=4)o2)cc1. The molecular weight excluding hydrogens is 540 g/mol. The highest BCUT2D eigenvalue weighted by atomic mass is 32.1. The molecule has 0 spiro atoms. The van der Waals surface area contributed by atoms with Gasteiger partial charge in [-0.3, -0.25) is 9.36 Å². The highest BCUT2D eigenvalue weighted by Crippen LogP contribution is 2.30. The predicted molar refractivity (Wildman–Crippen MR) is 156 cm³/mol. The Hall–Kier alpha value is -4.50. The molecule has 8 nitrogen and oxygen atoms in total. The lowest BCUT2D eigenvalue weighted by molar-refractivity contribution is -0.139. The van der Waals surface area contributed by atoms with Crippen LogP contribution >= 0.6 is 11.3 Å². The Kier molecular flexibility index (Phi) is 8.45. The normalized spacial score (nSPS) is 14.9. The number of carbonyl (C=O) groups is 2. The van der Waals surface area contributed by atoms with Crippen LogP contribution < -0.4 is 14.9 Å². The summed E-state index contributed by atoms with van der Waals surface area (Å²) < 4.78 is 18.6. The number of hydrogen-bond donors (Lipinski definition) is 0. The zero-order valence-corrected chi connectivity index (χ0v) is 23.9. The number of furan rings is 1. The fraction of sp³-hybridized carbons (Fsp3) is 0.250. The Morgan fingerprint density at radius 2 is 1.76 bits per heavy atom. The number of allylic oxidation sites excluding steroid dienone is 1. The van der Waals surface area contributed by atoms with Crippen LogP contribution in [0, 0.1) is 0 Å². The molecule has 0 fully saturated rings. The molecule has 0 radical (unpaired) electrons. The van der Waals surface area contributed by atoms with Gasteiger partial charge < -0.3 is 13.9 Å². The van der Waals surface area contributed by atoms with Gasteiger partial charge in [-0.15, -0.1) is 0 Å². The van der Waals surface area contributed by atoms with Crippen LogP contribution in [0.15, 0.2) is 92.2 Å². The average molecular weight is 571 g/mol. The highest BCUT2D eigenvalue weighted by Gasteiger charge is 2.33. The van der Waals surface area contributed by atoms with E-state index in [-0.39, 0.29) is 18.1 Å². The summed E-state index contributed by atoms with van der Waals surface area (Å²) in [5.74, 6) is 0.243. The lowest BCUT2D eigenvalue weighted by Crippen LogP contribution is -2.39. The zero-order chi connectivity index (χ0) is 28.9. The summed E-state index contributed by atoms with van der Waals surface area (Å²) in [6.45, 7) is 6.16. The van der Waals surface area contributed by atoms with Crippen LogP contribution in [0.1, 0.15) is 61.3 Å². The van der Waals surface area contributed by atoms with Crippen molar-refractivity contribution in [3.05, 3.63) is 115 Å². The van der Waals surface area contributed by atoms with Crippen LogP contribution in [-0.2, 0) is 14.3 Å². The molecule has 1 atom stereocenters. The van der Waals surface area contributed by atoms with E-state index in [4.69, 9.17) is 13.9 Å². The minimum Gasteiger partial charge on any atom is -0.463 e. The number of unbranched alkanes of at least 4 members (excludes halogenated alkanes) is 1. The van der Waals surface area contributed by atoms with Crippen LogP contribution in [0.25, 0.3) is 17.4 Å². The predicted octanol–water partition coefficient (Wildman–Crippen LogP) is 5.02. The van der Waals surface area contributed by atoms with E-state index in [0.717, 1.165) is 24.0 Å². The maximum atomic E-state index is 13.7. The Morgan fingerprint density at radius 3 is 2.46 bits per heavy atom. The smallest absolute Gasteiger partial charge is 0.338 e. The van der Waals surface area contributed by atoms with Crippen LogP contribution in [0.4, 0.5) is 0 Å². The fourth-order valence-electron chi connectivity index (χ4n) is 4.62. The molecule has 3 heterocycles. The Morgan fingerprint density at radius 1 is 1.00 bits per heavy atom. The number of esters is 2. The van der Waals surface area contributed by atoms with Gasteiger partial charge in [-0.05, 0) is 50.1 Å². The highest BCUT2D eigenvalue weighted by molar-refractivity contribution is 7.07. The lowest BCUT2D eigenvalue weighted by atomic mass is 9.96. The van der Waals surface area contributed by atoms with Crippen molar-refractivity contribution in [2.75, 3.05) is 13.2 Å². The molecule has 0 amide bonds. The molecule has 0 bridgehead atoms. The van der Waals surface area contributed by atoms with Gasteiger partial charge in [0, 0.05) is 11.6 Å². The molecule has 1 aliphatic heterocycles. The van der Waals surface area contributed by atoms with E-state index in [1.54, 1.807) is 54.8 Å². The van der Waals surface area contributed by atoms with Crippen molar-refractivity contribution in [2.24, 2.45) is 4.99 Å². The van der Waals surface area contributed by atoms with Crippen molar-refractivity contribution in [1.29, 1.82) is 0 Å². The molecule has 9 heteroatoms. The molecule has 4 aromatic rings. The first kappa shape index (κ1) is 28.0. The topological polar surface area (TPSA) is 100 Å². The second kappa shape index (κ2) is 12.3. The van der Waals surface area contributed by atoms with Gasteiger partial charge in [0.25, 0.3) is 5.56 Å². The molecule has 41 heavy (non-hydrogen) atoms. The van der Waals surface area contributed by atoms with Gasteiger partial charge in [0.2, 0.25) is 0 Å². The van der Waals surface area contributed by atoms with Crippen molar-refractivity contribution in [3.63, 3.8) is 0 Å². The molecule has 210 valence electrons. The van der Waals surface area contributed by atoms with Gasteiger partial charge in [0.05, 0.1) is 40.6 Å². The average Bonchev–Trinajstić information content (AvgIpc) is 3.57. The molecule has 5 rings (SSSR count). The first-order chi connectivity index (χ1) is 19.9. The fourth-order valence-corrected chi connectivity index (χ4v) is 5.65. The van der Waals surface area contributed by atoms with E-state index < -0.39 is 12.0 Å². The van der Waals surface area contributed by atoms with Crippen molar-refractivity contribution in [1.82, 2.24) is 4.57 Å². The Balaban J connectivity index is 1.47. The number of ether oxygens (including phenoxy) is 2. The Labute approximate surface area is 240 Å². The van der Waals surface area contributed by atoms with Gasteiger partial charge in [0.15, 0.2) is 4.80 Å². The van der Waals surface area contributed by atoms with Crippen LogP contribution in [0.2, 0.25) is 0 Å². The van der Waals surface area contributed by atoms with E-state index in [1.165, 1.54) is 11.3 Å². The Bertz CT molecular complexity index is 1780. The van der Waals surface area contributed by atoms with Crippen molar-refractivity contribution >= 4 is 29.4 Å². The maximum absolute atomic E-state index is 13.7. The van der Waals surface area contributed by atoms with Gasteiger partial charge in [-0.2, -0.15) is 0 Å². The molecule has 0 saturated carbocycles. The summed E-state index contributed by atoms with van der Waals surface area (Å²) >= 11 is 1.23. The number of carbonyl (C=O) groups excluding carboxylic acids is 2. The van der Waals surface area contributed by atoms with Crippen molar-refractivity contribution < 1.29 is 23.5 Å². The number of hydrogen-bond acceptors (Lipinski definition) is 8. The zero-order valence-electron chi connectivity index (χ0n) is 23.1. The number of rotatable bonds is 9. The quantitative estimate of drug-likeness (QED) is 0.207. The standard InChI is InChI=1S/C32H30N2O6S/c1-4-6-18-39-30(36)23-14-12-21(13-15-23)25-17-16-24(40-25)19-26-29(35)34-28(22-10-8-7-9-11-22)27(31(37)38-5-2)20(3)33-32(34)41-26/h7-17,19,28H,4-6,18H2,1-3H3/b26-19-/t28-/m0/s1. The van der Waals surface area contributed by atoms with E-state index in [0.29, 0.717) is 44.3 Å². The summed E-state index contributed by atoms with van der Waals surface area (Å²) in [4.78, 5) is 44.0. The van der Waals surface area contributed by atoms with Gasteiger partial charge in [0.1, 0.15) is 11.5 Å². The summed E-state index contributed by atoms with van der Waals surface area (Å²) in [6.07, 6.45) is 3.46. The molecule has 2 aromatic heterocycles. The third-order valence-electron chi connectivity index (χ3n) is 6.67. The lowest BCUT2D eigenvalue weighted by Gasteiger charge is -2.24. The molecule has 0 saturated heterocycles. The van der Waals surface area contributed by atoms with Crippen LogP contribution in [-0.4, -0.2) is 29.7 Å². The van der Waals surface area contributed by atoms with E-state index >= 15 is 0 Å². The summed E-state index contributed by atoms with van der Waals surface area (Å²) in [5.41, 5.74) is 2.63. The molecular formula is C32H30N2O6S. The van der Waals surface area contributed by atoms with Crippen molar-refractivity contribution in [2.45, 2.75) is 39.7 Å². The van der Waals surface area contributed by atoms with Gasteiger partial charge >= 0.3 is 11.9 Å². The second-order valence-corrected chi connectivity index (χ2v) is 10.5. The van der Waals surface area contributed by atoms with E-state index in [2.05, 4.69) is 4.99 Å². The van der Waals surface area contributed by atoms with E-state index in [1.807, 2.05) is 43.3 Å². The van der Waals surface area contributed by atoms with E-state index in [9.17, 15) is 14.4 Å². The summed E-state index contributed by atoms with van der Waals surface area (Å²) in [7, 11) is 0. The first-order valence-electron chi connectivity index (χ1n) is 13.5. The molecule has 2 aromatic carbocycles. The third kappa shape index (κ3) is 5.85. The molecule has 0 N–H and O–H groups in total. The number of fused-ring (bicyclic) bond motifs is 1. The summed E-state index contributed by atoms with van der Waals surface area (Å²) in [5, 5.41) is 0. The largest absolute Gasteiger partial charge is 0.463 e. The molecule has 0 unspecified atom stereocenters. The van der Waals surface area contributed by atoms with Gasteiger partial charge in [-0.25, -0.2) is 14.6 Å². The number of aromatic nitrogens is 1. The maximum Gasteiger partial charge on any atom is 0.338 e. The van der Waals surface area contributed by atoms with Crippen LogP contribution in [0.5, 0.6) is 0 Å². The number of thiazole rings is 1. The minimum atomic E-state index is -0.659. The number of nitrogens with zero attached hydrogens (tertiary/aromatic N) is 2. The van der Waals surface area contributed by atoms with Gasteiger partial charge in [-0.1, -0.05) is 67.1 Å². The minimum absolute atomic E-state index is 0.216. The second-order valence-electron chi connectivity index (χ2n) is 9.48. The van der Waals surface area contributed by atoms with Crippen LogP contribution in [0.3, 0.4) is 0 Å². The summed E-state index contributed by atoms with van der Waals surface area (Å²) in [6, 6.07) is 19.3. The number of benzene rings is 2. The van der Waals surface area contributed by atoms with Crippen molar-refractivity contribution in [3.8, 4) is 11.3 Å². The third-order valence-corrected chi connectivity index (χ3v) is 7.65. The monoisotopic (exact) mass is 570 g/mol. The first-order valence-corrected chi connectivity index (χ1v) is 14.3. The molecule has 0 aliphatic carbocycles. The molecule has 1 aliphatic rings.